The van der Waals surface area contributed by atoms with E-state index in [1.165, 1.54) is 85.8 Å². The van der Waals surface area contributed by atoms with Gasteiger partial charge in [0.2, 0.25) is 0 Å². The fourth-order valence-electron chi connectivity index (χ4n) is 5.28. The van der Waals surface area contributed by atoms with Gasteiger partial charge in [-0.15, -0.1) is 0 Å². The summed E-state index contributed by atoms with van der Waals surface area (Å²) in [5.74, 6) is 1.75. The molecule has 0 heterocycles. The van der Waals surface area contributed by atoms with Crippen LogP contribution >= 0.6 is 12.2 Å². The molecular formula is C29H43NOS. The summed E-state index contributed by atoms with van der Waals surface area (Å²) in [7, 11) is 3.79. The topological polar surface area (TPSA) is 12.5 Å². The van der Waals surface area contributed by atoms with Crippen molar-refractivity contribution in [2.24, 2.45) is 5.92 Å². The first-order valence-corrected chi connectivity index (χ1v) is 13.4. The van der Waals surface area contributed by atoms with Crippen LogP contribution in [0.4, 0.5) is 0 Å². The van der Waals surface area contributed by atoms with Crippen molar-refractivity contribution in [2.45, 2.75) is 84.0 Å². The quantitative estimate of drug-likeness (QED) is 0.181. The first kappa shape index (κ1) is 25.3. The molecule has 2 aromatic carbocycles. The van der Waals surface area contributed by atoms with E-state index < -0.39 is 0 Å². The van der Waals surface area contributed by atoms with Gasteiger partial charge in [0, 0.05) is 6.54 Å². The van der Waals surface area contributed by atoms with Gasteiger partial charge in [-0.3, -0.25) is 0 Å². The second-order valence-electron chi connectivity index (χ2n) is 9.68. The summed E-state index contributed by atoms with van der Waals surface area (Å²) < 4.78 is 7.24. The summed E-state index contributed by atoms with van der Waals surface area (Å²) in [6, 6.07) is 16.5. The molecule has 0 radical (unpaired) electrons. The number of nitrogens with zero attached hydrogens (tertiary/aromatic N) is 1. The molecule has 0 atom stereocenters. The highest BCUT2D eigenvalue weighted by atomic mass is 32.2. The lowest BCUT2D eigenvalue weighted by Gasteiger charge is -2.29. The van der Waals surface area contributed by atoms with Crippen LogP contribution in [0.25, 0.3) is 11.1 Å². The summed E-state index contributed by atoms with van der Waals surface area (Å²) in [6.45, 7) is 5.58. The van der Waals surface area contributed by atoms with Gasteiger partial charge >= 0.3 is 0 Å². The molecule has 0 unspecified atom stereocenters. The Labute approximate surface area is 201 Å². The minimum absolute atomic E-state index is 0.768. The van der Waals surface area contributed by atoms with Crippen LogP contribution in [0.15, 0.2) is 42.5 Å². The number of hydrogen-bond acceptors (Lipinski definition) is 3. The number of benzene rings is 2. The first-order chi connectivity index (χ1) is 15.6. The van der Waals surface area contributed by atoms with Crippen LogP contribution in [-0.4, -0.2) is 25.0 Å². The standard InChI is InChI=1S/C29H43NOS/c1-5-6-7-9-24-11-14-26(15-12-24)27-16-18-28(19-17-27)29-20-13-25(22-23(29)2)10-8-21-30(3)32-31-4/h13,16-20,22,24,26H,5-12,14-15,21H2,1-4H3. The molecule has 1 aliphatic rings. The van der Waals surface area contributed by atoms with Gasteiger partial charge in [0.15, 0.2) is 0 Å². The molecule has 1 aliphatic carbocycles. The van der Waals surface area contributed by atoms with E-state index in [9.17, 15) is 0 Å². The van der Waals surface area contributed by atoms with Crippen molar-refractivity contribution in [1.82, 2.24) is 4.31 Å². The second-order valence-corrected chi connectivity index (χ2v) is 10.8. The van der Waals surface area contributed by atoms with Crippen molar-refractivity contribution in [2.75, 3.05) is 20.7 Å². The Kier molecular flexibility index (Phi) is 10.6. The molecule has 176 valence electrons. The summed E-state index contributed by atoms with van der Waals surface area (Å²) in [5, 5.41) is 0. The van der Waals surface area contributed by atoms with Gasteiger partial charge in [0.05, 0.1) is 19.3 Å². The number of rotatable bonds is 12. The van der Waals surface area contributed by atoms with E-state index in [2.05, 4.69) is 67.7 Å². The minimum atomic E-state index is 0.768. The third-order valence-electron chi connectivity index (χ3n) is 7.19. The first-order valence-electron chi connectivity index (χ1n) is 12.7. The van der Waals surface area contributed by atoms with Crippen molar-refractivity contribution < 1.29 is 4.18 Å². The smallest absolute Gasteiger partial charge is 0.0813 e. The number of unbranched alkanes of at least 4 members (excludes halogenated alkanes) is 2. The lowest BCUT2D eigenvalue weighted by Crippen LogP contribution is -2.13. The molecule has 3 heteroatoms. The van der Waals surface area contributed by atoms with Crippen molar-refractivity contribution in [3.8, 4) is 11.1 Å². The van der Waals surface area contributed by atoms with E-state index in [4.69, 9.17) is 4.18 Å². The monoisotopic (exact) mass is 453 g/mol. The van der Waals surface area contributed by atoms with Crippen LogP contribution in [0.1, 0.15) is 87.3 Å². The average Bonchev–Trinajstić information content (AvgIpc) is 2.80. The molecule has 2 aromatic rings. The Morgan fingerprint density at radius 2 is 1.72 bits per heavy atom. The van der Waals surface area contributed by atoms with Crippen LogP contribution in [0.3, 0.4) is 0 Å². The highest BCUT2D eigenvalue weighted by Gasteiger charge is 2.22. The molecule has 1 fully saturated rings. The Morgan fingerprint density at radius 1 is 0.969 bits per heavy atom. The molecule has 2 nitrogen and oxygen atoms in total. The summed E-state index contributed by atoms with van der Waals surface area (Å²) in [5.41, 5.74) is 7.07. The van der Waals surface area contributed by atoms with Gasteiger partial charge in [-0.1, -0.05) is 75.1 Å². The lowest BCUT2D eigenvalue weighted by atomic mass is 9.77. The maximum Gasteiger partial charge on any atom is 0.0813 e. The Bertz CT molecular complexity index is 795. The third-order valence-corrected chi connectivity index (χ3v) is 7.77. The van der Waals surface area contributed by atoms with Crippen molar-refractivity contribution in [3.05, 3.63) is 59.2 Å². The molecule has 0 amide bonds. The molecule has 0 spiro atoms. The number of hydrogen-bond donors (Lipinski definition) is 0. The molecule has 32 heavy (non-hydrogen) atoms. The lowest BCUT2D eigenvalue weighted by molar-refractivity contribution is 0.303. The van der Waals surface area contributed by atoms with Gasteiger partial charge in [-0.05, 0) is 92.1 Å². The van der Waals surface area contributed by atoms with Gasteiger partial charge in [-0.2, -0.15) is 0 Å². The van der Waals surface area contributed by atoms with Crippen molar-refractivity contribution in [1.29, 1.82) is 0 Å². The Hall–Kier alpha value is -1.29. The largest absolute Gasteiger partial charge is 0.304 e. The molecule has 0 saturated heterocycles. The molecule has 3 rings (SSSR count). The van der Waals surface area contributed by atoms with Crippen LogP contribution in [0.2, 0.25) is 0 Å². The molecule has 0 bridgehead atoms. The van der Waals surface area contributed by atoms with E-state index >= 15 is 0 Å². The highest BCUT2D eigenvalue weighted by Crippen LogP contribution is 2.38. The molecule has 0 N–H and O–H groups in total. The maximum atomic E-state index is 5.10. The molecule has 0 aromatic heterocycles. The second kappa shape index (κ2) is 13.4. The van der Waals surface area contributed by atoms with E-state index in [-0.39, 0.29) is 0 Å². The van der Waals surface area contributed by atoms with Crippen LogP contribution < -0.4 is 0 Å². The normalized spacial score (nSPS) is 18.9. The number of aryl methyl sites for hydroxylation is 2. The summed E-state index contributed by atoms with van der Waals surface area (Å²) >= 11 is 1.42. The fourth-order valence-corrected chi connectivity index (χ4v) is 5.74. The SMILES string of the molecule is CCCCCC1CCC(c2ccc(-c3ccc(CCCN(C)SOC)cc3C)cc2)CC1. The molecule has 1 saturated carbocycles. The van der Waals surface area contributed by atoms with Gasteiger partial charge in [0.25, 0.3) is 0 Å². The highest BCUT2D eigenvalue weighted by molar-refractivity contribution is 7.92. The predicted octanol–water partition coefficient (Wildman–Crippen LogP) is 8.59. The zero-order valence-electron chi connectivity index (χ0n) is 20.7. The van der Waals surface area contributed by atoms with E-state index in [1.807, 2.05) is 0 Å². The predicted molar refractivity (Wildman–Crippen MR) is 141 cm³/mol. The summed E-state index contributed by atoms with van der Waals surface area (Å²) in [6.07, 6.45) is 13.5. The van der Waals surface area contributed by atoms with E-state index in [0.29, 0.717) is 0 Å². The average molecular weight is 454 g/mol. The zero-order valence-corrected chi connectivity index (χ0v) is 21.6. The molecular weight excluding hydrogens is 410 g/mol. The van der Waals surface area contributed by atoms with Gasteiger partial charge in [0.1, 0.15) is 0 Å². The Balaban J connectivity index is 1.52. The van der Waals surface area contributed by atoms with Gasteiger partial charge in [-0.25, -0.2) is 4.31 Å². The minimum Gasteiger partial charge on any atom is -0.304 e. The Morgan fingerprint density at radius 3 is 2.38 bits per heavy atom. The zero-order chi connectivity index (χ0) is 22.8. The van der Waals surface area contributed by atoms with E-state index in [0.717, 1.165) is 31.2 Å². The van der Waals surface area contributed by atoms with Crippen molar-refractivity contribution in [3.63, 3.8) is 0 Å². The summed E-state index contributed by atoms with van der Waals surface area (Å²) in [4.78, 5) is 0. The van der Waals surface area contributed by atoms with Crippen LogP contribution in [0.5, 0.6) is 0 Å². The fraction of sp³-hybridized carbons (Fsp3) is 0.586. The van der Waals surface area contributed by atoms with Crippen LogP contribution in [-0.2, 0) is 10.6 Å². The van der Waals surface area contributed by atoms with Gasteiger partial charge < -0.3 is 4.18 Å². The molecule has 0 aliphatic heterocycles. The van der Waals surface area contributed by atoms with E-state index in [1.54, 1.807) is 12.7 Å². The third kappa shape index (κ3) is 7.64. The van der Waals surface area contributed by atoms with Crippen LogP contribution in [0, 0.1) is 12.8 Å². The maximum absolute atomic E-state index is 5.10. The van der Waals surface area contributed by atoms with Crippen molar-refractivity contribution >= 4 is 12.2 Å².